The molecule has 0 heterocycles. The van der Waals surface area contributed by atoms with Gasteiger partial charge in [0.15, 0.2) is 0 Å². The molecule has 2 heteroatoms. The predicted molar refractivity (Wildman–Crippen MR) is 47.5 cm³/mol. The van der Waals surface area contributed by atoms with E-state index < -0.39 is 0 Å². The van der Waals surface area contributed by atoms with Gasteiger partial charge in [-0.3, -0.25) is 4.39 Å². The molecule has 1 unspecified atom stereocenters. The molecule has 0 bridgehead atoms. The van der Waals surface area contributed by atoms with Gasteiger partial charge in [-0.25, -0.2) is 0 Å². The minimum absolute atomic E-state index is 0.207. The zero-order valence-electron chi connectivity index (χ0n) is 7.86. The number of rotatable bonds is 6. The number of nitrogens with one attached hydrogen (secondary N) is 1. The maximum Gasteiger partial charge on any atom is 0.0906 e. The Morgan fingerprint density at radius 3 is 2.36 bits per heavy atom. The van der Waals surface area contributed by atoms with Gasteiger partial charge >= 0.3 is 0 Å². The Kier molecular flexibility index (Phi) is 6.52. The normalized spacial score (nSPS) is 13.9. The standard InChI is InChI=1S/C9H20FN/c1-4-9(8(2)3)11-7-5-6-10/h8-9,11H,4-7H2,1-3H3. The molecule has 0 aliphatic heterocycles. The summed E-state index contributed by atoms with van der Waals surface area (Å²) in [6.45, 7) is 7.15. The van der Waals surface area contributed by atoms with Gasteiger partial charge in [0.25, 0.3) is 0 Å². The number of halogens is 1. The largest absolute Gasteiger partial charge is 0.314 e. The Balaban J connectivity index is 3.36. The molecule has 0 rings (SSSR count). The summed E-state index contributed by atoms with van der Waals surface area (Å²) in [6, 6.07) is 0.557. The van der Waals surface area contributed by atoms with E-state index in [1.54, 1.807) is 0 Å². The first kappa shape index (κ1) is 10.9. The van der Waals surface area contributed by atoms with E-state index in [9.17, 15) is 4.39 Å². The molecule has 1 atom stereocenters. The lowest BCUT2D eigenvalue weighted by Crippen LogP contribution is -2.33. The molecule has 68 valence electrons. The van der Waals surface area contributed by atoms with Crippen molar-refractivity contribution in [1.82, 2.24) is 5.32 Å². The monoisotopic (exact) mass is 161 g/mol. The van der Waals surface area contributed by atoms with Crippen molar-refractivity contribution in [2.75, 3.05) is 13.2 Å². The van der Waals surface area contributed by atoms with Crippen molar-refractivity contribution in [3.05, 3.63) is 0 Å². The van der Waals surface area contributed by atoms with Crippen LogP contribution in [0.2, 0.25) is 0 Å². The summed E-state index contributed by atoms with van der Waals surface area (Å²) < 4.78 is 11.7. The third-order valence-electron chi connectivity index (χ3n) is 1.96. The van der Waals surface area contributed by atoms with Crippen LogP contribution in [-0.2, 0) is 0 Å². The van der Waals surface area contributed by atoms with Crippen LogP contribution in [0.4, 0.5) is 4.39 Å². The molecule has 0 spiro atoms. The number of alkyl halides is 1. The van der Waals surface area contributed by atoms with Crippen molar-refractivity contribution >= 4 is 0 Å². The van der Waals surface area contributed by atoms with Crippen LogP contribution >= 0.6 is 0 Å². The van der Waals surface area contributed by atoms with Crippen molar-refractivity contribution in [3.63, 3.8) is 0 Å². The Hall–Kier alpha value is -0.110. The highest BCUT2D eigenvalue weighted by Crippen LogP contribution is 2.04. The number of hydrogen-bond acceptors (Lipinski definition) is 1. The van der Waals surface area contributed by atoms with E-state index in [4.69, 9.17) is 0 Å². The molecule has 0 aromatic heterocycles. The minimum atomic E-state index is -0.207. The van der Waals surface area contributed by atoms with Gasteiger partial charge in [0.2, 0.25) is 0 Å². The van der Waals surface area contributed by atoms with Crippen molar-refractivity contribution in [2.45, 2.75) is 39.7 Å². The Labute approximate surface area is 69.4 Å². The number of hydrogen-bond donors (Lipinski definition) is 1. The first-order chi connectivity index (χ1) is 5.22. The minimum Gasteiger partial charge on any atom is -0.314 e. The summed E-state index contributed by atoms with van der Waals surface area (Å²) in [5.41, 5.74) is 0. The van der Waals surface area contributed by atoms with Crippen LogP contribution in [0.3, 0.4) is 0 Å². The molecular formula is C9H20FN. The highest BCUT2D eigenvalue weighted by molar-refractivity contribution is 4.67. The Bertz CT molecular complexity index is 83.6. The highest BCUT2D eigenvalue weighted by atomic mass is 19.1. The van der Waals surface area contributed by atoms with Crippen LogP contribution in [-0.4, -0.2) is 19.3 Å². The molecular weight excluding hydrogens is 141 g/mol. The Morgan fingerprint density at radius 1 is 1.36 bits per heavy atom. The van der Waals surface area contributed by atoms with Crippen LogP contribution in [0.25, 0.3) is 0 Å². The lowest BCUT2D eigenvalue weighted by Gasteiger charge is -2.20. The topological polar surface area (TPSA) is 12.0 Å². The zero-order valence-corrected chi connectivity index (χ0v) is 7.86. The third kappa shape index (κ3) is 5.19. The van der Waals surface area contributed by atoms with E-state index >= 15 is 0 Å². The second kappa shape index (κ2) is 6.59. The van der Waals surface area contributed by atoms with Gasteiger partial charge in [0, 0.05) is 6.04 Å². The average Bonchev–Trinajstić information content (AvgIpc) is 1.97. The van der Waals surface area contributed by atoms with Gasteiger partial charge in [-0.2, -0.15) is 0 Å². The van der Waals surface area contributed by atoms with Crippen molar-refractivity contribution in [3.8, 4) is 0 Å². The van der Waals surface area contributed by atoms with Gasteiger partial charge in [0.1, 0.15) is 0 Å². The predicted octanol–water partition coefficient (Wildman–Crippen LogP) is 2.37. The van der Waals surface area contributed by atoms with Gasteiger partial charge in [-0.15, -0.1) is 0 Å². The summed E-state index contributed by atoms with van der Waals surface area (Å²) in [5.74, 6) is 0.652. The molecule has 0 saturated heterocycles. The maximum atomic E-state index is 11.7. The molecule has 0 radical (unpaired) electrons. The fraction of sp³-hybridized carbons (Fsp3) is 1.00. The summed E-state index contributed by atoms with van der Waals surface area (Å²) in [4.78, 5) is 0. The fourth-order valence-corrected chi connectivity index (χ4v) is 1.21. The van der Waals surface area contributed by atoms with E-state index in [1.165, 1.54) is 0 Å². The molecule has 0 fully saturated rings. The van der Waals surface area contributed by atoms with Crippen molar-refractivity contribution in [2.24, 2.45) is 5.92 Å². The van der Waals surface area contributed by atoms with E-state index in [2.05, 4.69) is 26.1 Å². The summed E-state index contributed by atoms with van der Waals surface area (Å²) >= 11 is 0. The van der Waals surface area contributed by atoms with E-state index in [0.717, 1.165) is 13.0 Å². The van der Waals surface area contributed by atoms with Crippen LogP contribution in [0.1, 0.15) is 33.6 Å². The lowest BCUT2D eigenvalue weighted by atomic mass is 10.0. The molecule has 0 aliphatic rings. The van der Waals surface area contributed by atoms with E-state index in [1.807, 2.05) is 0 Å². The SMILES string of the molecule is CCC(NCCCF)C(C)C. The first-order valence-corrected chi connectivity index (χ1v) is 4.51. The average molecular weight is 161 g/mol. The van der Waals surface area contributed by atoms with Crippen LogP contribution in [0.15, 0.2) is 0 Å². The quantitative estimate of drug-likeness (QED) is 0.590. The van der Waals surface area contributed by atoms with Gasteiger partial charge in [-0.05, 0) is 25.3 Å². The van der Waals surface area contributed by atoms with Crippen molar-refractivity contribution < 1.29 is 4.39 Å². The summed E-state index contributed by atoms with van der Waals surface area (Å²) in [6.07, 6.45) is 1.77. The third-order valence-corrected chi connectivity index (χ3v) is 1.96. The molecule has 0 amide bonds. The Morgan fingerprint density at radius 2 is 2.00 bits per heavy atom. The van der Waals surface area contributed by atoms with Crippen LogP contribution in [0, 0.1) is 5.92 Å². The van der Waals surface area contributed by atoms with Gasteiger partial charge < -0.3 is 5.32 Å². The lowest BCUT2D eigenvalue weighted by molar-refractivity contribution is 0.371. The summed E-state index contributed by atoms with van der Waals surface area (Å²) in [7, 11) is 0. The molecule has 0 aromatic rings. The molecule has 0 aliphatic carbocycles. The van der Waals surface area contributed by atoms with Crippen molar-refractivity contribution in [1.29, 1.82) is 0 Å². The first-order valence-electron chi connectivity index (χ1n) is 4.51. The fourth-order valence-electron chi connectivity index (χ4n) is 1.21. The highest BCUT2D eigenvalue weighted by Gasteiger charge is 2.08. The van der Waals surface area contributed by atoms with Crippen LogP contribution in [0.5, 0.6) is 0 Å². The van der Waals surface area contributed by atoms with Crippen LogP contribution < -0.4 is 5.32 Å². The smallest absolute Gasteiger partial charge is 0.0906 e. The maximum absolute atomic E-state index is 11.7. The van der Waals surface area contributed by atoms with Gasteiger partial charge in [-0.1, -0.05) is 20.8 Å². The van der Waals surface area contributed by atoms with E-state index in [0.29, 0.717) is 18.4 Å². The molecule has 1 N–H and O–H groups in total. The zero-order chi connectivity index (χ0) is 8.69. The molecule has 0 saturated carbocycles. The second-order valence-electron chi connectivity index (χ2n) is 3.26. The van der Waals surface area contributed by atoms with Gasteiger partial charge in [0.05, 0.1) is 6.67 Å². The van der Waals surface area contributed by atoms with E-state index in [-0.39, 0.29) is 6.67 Å². The second-order valence-corrected chi connectivity index (χ2v) is 3.26. The summed E-state index contributed by atoms with van der Waals surface area (Å²) in [5, 5.41) is 3.33. The molecule has 1 nitrogen and oxygen atoms in total. The molecule has 0 aromatic carbocycles. The molecule has 11 heavy (non-hydrogen) atoms.